The lowest BCUT2D eigenvalue weighted by Crippen LogP contribution is -2.42. The molecule has 1 aliphatic carbocycles. The summed E-state index contributed by atoms with van der Waals surface area (Å²) in [6, 6.07) is 9.53. The summed E-state index contributed by atoms with van der Waals surface area (Å²) in [5.41, 5.74) is 4.24. The Kier molecular flexibility index (Phi) is 9.42. The van der Waals surface area contributed by atoms with Crippen LogP contribution in [0.4, 0.5) is 10.3 Å². The number of rotatable bonds is 10. The van der Waals surface area contributed by atoms with Crippen molar-refractivity contribution in [3.8, 4) is 17.4 Å². The number of esters is 1. The number of fused-ring (bicyclic) bond motifs is 2. The van der Waals surface area contributed by atoms with E-state index in [9.17, 15) is 14.8 Å². The van der Waals surface area contributed by atoms with Gasteiger partial charge in [0.1, 0.15) is 24.4 Å². The highest BCUT2D eigenvalue weighted by molar-refractivity contribution is 7.34. The third-order valence-corrected chi connectivity index (χ3v) is 9.27. The fourth-order valence-electron chi connectivity index (χ4n) is 5.92. The summed E-state index contributed by atoms with van der Waals surface area (Å²) in [6.07, 6.45) is 1.47. The molecule has 16 heteroatoms. The van der Waals surface area contributed by atoms with Crippen molar-refractivity contribution in [3.05, 3.63) is 42.7 Å². The molecule has 3 heterocycles. The predicted octanol–water partition coefficient (Wildman–Crippen LogP) is 4.13. The van der Waals surface area contributed by atoms with Crippen molar-refractivity contribution >= 4 is 42.0 Å². The number of aromatic nitrogens is 4. The normalized spacial score (nSPS) is 24.4. The monoisotopic (exact) mass is 670 g/mol. The SMILES string of the molecule is COc1nc(N)nc2c1ncn2[C@@H]1O[C@H](COc2ccc3ccccc3c2O[P+]([O-])=N[C@@H](C)C(=O)OC2CCCCC2)[C@@H](F)[C@@]1(C)O. The summed E-state index contributed by atoms with van der Waals surface area (Å²) >= 11 is 0. The Hall–Kier alpha value is -4.17. The van der Waals surface area contributed by atoms with E-state index in [1.807, 2.05) is 12.1 Å². The van der Waals surface area contributed by atoms with Gasteiger partial charge in [-0.05, 0) is 51.0 Å². The second-order valence-electron chi connectivity index (χ2n) is 11.8. The summed E-state index contributed by atoms with van der Waals surface area (Å²) in [7, 11) is -1.34. The third kappa shape index (κ3) is 6.66. The Morgan fingerprint density at radius 1 is 1.26 bits per heavy atom. The topological polar surface area (TPSA) is 188 Å². The molecule has 6 atom stereocenters. The summed E-state index contributed by atoms with van der Waals surface area (Å²) in [6.45, 7) is 2.45. The minimum Gasteiger partial charge on any atom is -0.575 e. The van der Waals surface area contributed by atoms with Crippen LogP contribution in [0.5, 0.6) is 17.4 Å². The van der Waals surface area contributed by atoms with Crippen LogP contribution in [-0.4, -0.2) is 74.3 Å². The van der Waals surface area contributed by atoms with E-state index in [1.54, 1.807) is 24.3 Å². The van der Waals surface area contributed by atoms with Gasteiger partial charge in [-0.3, -0.25) is 9.09 Å². The molecule has 0 spiro atoms. The summed E-state index contributed by atoms with van der Waals surface area (Å²) in [5.74, 6) is -0.320. The quantitative estimate of drug-likeness (QED) is 0.182. The fraction of sp³-hybridized carbons (Fsp3) is 0.484. The molecule has 1 saturated carbocycles. The number of ether oxygens (including phenoxy) is 4. The number of nitrogens with zero attached hydrogens (tertiary/aromatic N) is 5. The minimum absolute atomic E-state index is 0.0948. The number of alkyl halides is 1. The molecular formula is C31H36FN6O8P. The van der Waals surface area contributed by atoms with Gasteiger partial charge >= 0.3 is 14.1 Å². The van der Waals surface area contributed by atoms with Crippen molar-refractivity contribution in [1.82, 2.24) is 19.5 Å². The number of carbonyl (C=O) groups excluding carboxylic acids is 1. The molecule has 0 bridgehead atoms. The van der Waals surface area contributed by atoms with Crippen LogP contribution in [0.15, 0.2) is 47.5 Å². The Morgan fingerprint density at radius 2 is 2.02 bits per heavy atom. The molecule has 0 radical (unpaired) electrons. The number of aliphatic hydroxyl groups is 1. The lowest BCUT2D eigenvalue weighted by molar-refractivity contribution is -0.170. The third-order valence-electron chi connectivity index (χ3n) is 8.40. The van der Waals surface area contributed by atoms with Gasteiger partial charge < -0.3 is 34.7 Å². The first kappa shape index (κ1) is 32.8. The molecular weight excluding hydrogens is 634 g/mol. The molecule has 250 valence electrons. The van der Waals surface area contributed by atoms with E-state index in [2.05, 4.69) is 19.7 Å². The second-order valence-corrected chi connectivity index (χ2v) is 12.7. The van der Waals surface area contributed by atoms with Gasteiger partial charge in [-0.15, -0.1) is 0 Å². The minimum atomic E-state index is -2.74. The van der Waals surface area contributed by atoms with Crippen LogP contribution < -0.4 is 24.6 Å². The highest BCUT2D eigenvalue weighted by atomic mass is 31.1. The van der Waals surface area contributed by atoms with E-state index >= 15 is 4.39 Å². The molecule has 1 unspecified atom stereocenters. The summed E-state index contributed by atoms with van der Waals surface area (Å²) in [5, 5.41) is 12.6. The maximum atomic E-state index is 15.8. The molecule has 3 N–H and O–H groups in total. The summed E-state index contributed by atoms with van der Waals surface area (Å²) < 4.78 is 49.8. The van der Waals surface area contributed by atoms with Crippen molar-refractivity contribution in [2.24, 2.45) is 4.74 Å². The molecule has 0 amide bonds. The maximum absolute atomic E-state index is 15.8. The zero-order valence-electron chi connectivity index (χ0n) is 26.1. The van der Waals surface area contributed by atoms with E-state index in [1.165, 1.54) is 31.9 Å². The Balaban J connectivity index is 1.21. The highest BCUT2D eigenvalue weighted by Gasteiger charge is 2.55. The van der Waals surface area contributed by atoms with Crippen LogP contribution >= 0.6 is 8.17 Å². The highest BCUT2D eigenvalue weighted by Crippen LogP contribution is 2.44. The summed E-state index contributed by atoms with van der Waals surface area (Å²) in [4.78, 5) is 38.2. The lowest BCUT2D eigenvalue weighted by Gasteiger charge is -2.26. The molecule has 6 rings (SSSR count). The number of methoxy groups -OCH3 is 1. The molecule has 47 heavy (non-hydrogen) atoms. The average molecular weight is 671 g/mol. The van der Waals surface area contributed by atoms with Gasteiger partial charge in [0.25, 0.3) is 0 Å². The van der Waals surface area contributed by atoms with Crippen molar-refractivity contribution in [1.29, 1.82) is 0 Å². The molecule has 4 aromatic rings. The number of carbonyl (C=O) groups is 1. The molecule has 2 aromatic heterocycles. The van der Waals surface area contributed by atoms with Crippen LogP contribution in [0, 0.1) is 0 Å². The number of halogens is 1. The number of hydrogen-bond acceptors (Lipinski definition) is 13. The van der Waals surface area contributed by atoms with E-state index in [0.717, 1.165) is 37.5 Å². The Labute approximate surface area is 270 Å². The van der Waals surface area contributed by atoms with Crippen LogP contribution in [0.3, 0.4) is 0 Å². The van der Waals surface area contributed by atoms with Crippen molar-refractivity contribution in [2.45, 2.75) is 82.2 Å². The Bertz CT molecular complexity index is 1800. The van der Waals surface area contributed by atoms with Crippen LogP contribution in [-0.2, 0) is 14.3 Å². The number of benzene rings is 2. The molecule has 2 aromatic carbocycles. The zero-order chi connectivity index (χ0) is 33.3. The van der Waals surface area contributed by atoms with Gasteiger partial charge in [-0.2, -0.15) is 9.97 Å². The number of imidazole rings is 1. The van der Waals surface area contributed by atoms with Gasteiger partial charge in [0.2, 0.25) is 17.6 Å². The molecule has 1 aliphatic heterocycles. The first-order chi connectivity index (χ1) is 22.6. The van der Waals surface area contributed by atoms with Crippen molar-refractivity contribution < 1.29 is 42.7 Å². The number of nitrogen functional groups attached to an aromatic ring is 1. The van der Waals surface area contributed by atoms with E-state index < -0.39 is 44.3 Å². The second kappa shape index (κ2) is 13.5. The van der Waals surface area contributed by atoms with E-state index in [4.69, 9.17) is 29.2 Å². The lowest BCUT2D eigenvalue weighted by atomic mass is 9.98. The van der Waals surface area contributed by atoms with Gasteiger partial charge in [-0.1, -0.05) is 41.5 Å². The maximum Gasteiger partial charge on any atom is 0.395 e. The molecule has 14 nitrogen and oxygen atoms in total. The van der Waals surface area contributed by atoms with Crippen LogP contribution in [0.1, 0.15) is 52.2 Å². The first-order valence-electron chi connectivity index (χ1n) is 15.3. The van der Waals surface area contributed by atoms with Gasteiger partial charge in [0.05, 0.1) is 13.4 Å². The zero-order valence-corrected chi connectivity index (χ0v) is 27.0. The van der Waals surface area contributed by atoms with Crippen LogP contribution in [0.25, 0.3) is 21.9 Å². The molecule has 2 fully saturated rings. The van der Waals surface area contributed by atoms with E-state index in [0.29, 0.717) is 5.39 Å². The average Bonchev–Trinajstić information content (AvgIpc) is 3.57. The fourth-order valence-corrected chi connectivity index (χ4v) is 6.68. The van der Waals surface area contributed by atoms with Crippen molar-refractivity contribution in [3.63, 3.8) is 0 Å². The Morgan fingerprint density at radius 3 is 2.79 bits per heavy atom. The van der Waals surface area contributed by atoms with Crippen LogP contribution in [0.2, 0.25) is 0 Å². The standard InChI is InChI=1S/C31H36FN6O8P/c1-17(28(39)44-19-10-5-4-6-11-19)37-47(41)46-24-20-12-8-7-9-18(20)13-14-21(24)43-15-22-25(32)31(2,40)29(45-22)38-16-34-23-26(38)35-30(33)36-27(23)42-3/h7-9,12-14,16-17,19,22,25,29,40H,4-6,10-11,15H2,1-3H3,(H2,33,35,36)/t17-,22+,25+,29+,31+/m0/s1. The van der Waals surface area contributed by atoms with Crippen molar-refractivity contribution in [2.75, 3.05) is 19.5 Å². The smallest absolute Gasteiger partial charge is 0.395 e. The number of hydrogen-bond donors (Lipinski definition) is 2. The first-order valence-corrected chi connectivity index (χ1v) is 16.5. The largest absolute Gasteiger partial charge is 0.575 e. The predicted molar refractivity (Wildman–Crippen MR) is 168 cm³/mol. The van der Waals surface area contributed by atoms with Gasteiger partial charge in [-0.25, -0.2) is 14.2 Å². The molecule has 1 saturated heterocycles. The van der Waals surface area contributed by atoms with Gasteiger partial charge in [0.15, 0.2) is 35.4 Å². The van der Waals surface area contributed by atoms with E-state index in [-0.39, 0.29) is 47.2 Å². The number of anilines is 1. The molecule has 2 aliphatic rings. The number of nitrogens with two attached hydrogens (primary N) is 1. The van der Waals surface area contributed by atoms with Gasteiger partial charge in [0, 0.05) is 5.39 Å².